The van der Waals surface area contributed by atoms with Crippen LogP contribution < -0.4 is 11.0 Å². The predicted octanol–water partition coefficient (Wildman–Crippen LogP) is 2.32. The van der Waals surface area contributed by atoms with Gasteiger partial charge in [0.2, 0.25) is 0 Å². The molecule has 0 radical (unpaired) electrons. The largest absolute Gasteiger partial charge is 0.380 e. The van der Waals surface area contributed by atoms with Crippen LogP contribution in [0.15, 0.2) is 28.4 Å². The van der Waals surface area contributed by atoms with Crippen molar-refractivity contribution in [1.29, 1.82) is 0 Å². The van der Waals surface area contributed by atoms with Crippen LogP contribution in [0.1, 0.15) is 34.9 Å². The molecule has 2 N–H and O–H groups in total. The van der Waals surface area contributed by atoms with Crippen LogP contribution in [0, 0.1) is 0 Å². The molecule has 26 heavy (non-hydrogen) atoms. The van der Waals surface area contributed by atoms with Gasteiger partial charge in [0.25, 0.3) is 5.91 Å². The number of imidazole rings is 1. The Hall–Kier alpha value is -2.45. The van der Waals surface area contributed by atoms with Crippen molar-refractivity contribution in [2.75, 3.05) is 13.2 Å². The highest BCUT2D eigenvalue weighted by Gasteiger charge is 2.11. The third-order valence-corrected chi connectivity index (χ3v) is 5.07. The number of aromatic amines is 1. The molecule has 0 aliphatic heterocycles. The van der Waals surface area contributed by atoms with E-state index in [1.54, 1.807) is 34.1 Å². The number of H-pyrrole nitrogens is 1. The fourth-order valence-corrected chi connectivity index (χ4v) is 3.44. The molecular formula is C18H22N4O3S. The highest BCUT2D eigenvalue weighted by Crippen LogP contribution is 2.14. The van der Waals surface area contributed by atoms with E-state index in [1.165, 1.54) is 0 Å². The lowest BCUT2D eigenvalue weighted by molar-refractivity contribution is 0.0950. The van der Waals surface area contributed by atoms with Crippen LogP contribution in [0.25, 0.3) is 11.0 Å². The van der Waals surface area contributed by atoms with Crippen LogP contribution in [0.2, 0.25) is 0 Å². The molecule has 0 fully saturated rings. The smallest absolute Gasteiger partial charge is 0.326 e. The average molecular weight is 374 g/mol. The van der Waals surface area contributed by atoms with Gasteiger partial charge in [-0.25, -0.2) is 9.78 Å². The highest BCUT2D eigenvalue weighted by molar-refractivity contribution is 7.09. The molecule has 2 aromatic heterocycles. The summed E-state index contributed by atoms with van der Waals surface area (Å²) >= 11 is 1.60. The van der Waals surface area contributed by atoms with Gasteiger partial charge in [-0.15, -0.1) is 11.3 Å². The van der Waals surface area contributed by atoms with Gasteiger partial charge in [-0.3, -0.25) is 9.36 Å². The van der Waals surface area contributed by atoms with Crippen molar-refractivity contribution < 1.29 is 9.53 Å². The number of aryl methyl sites for hydroxylation is 1. The standard InChI is InChI=1S/C18H22N4O3S/c1-3-16-20-13(11-26-16)10-19-17(23)12-5-6-15-14(9-12)21-18(24)22(15)7-8-25-4-2/h5-6,9,11H,3-4,7-8,10H2,1-2H3,(H,19,23)(H,21,24). The number of hydrogen-bond donors (Lipinski definition) is 2. The van der Waals surface area contributed by atoms with Gasteiger partial charge in [0.15, 0.2) is 0 Å². The van der Waals surface area contributed by atoms with Crippen molar-refractivity contribution in [2.24, 2.45) is 0 Å². The first kappa shape index (κ1) is 18.3. The molecule has 0 spiro atoms. The fourth-order valence-electron chi connectivity index (χ4n) is 2.69. The van der Waals surface area contributed by atoms with E-state index >= 15 is 0 Å². The zero-order valence-corrected chi connectivity index (χ0v) is 15.7. The molecule has 0 saturated heterocycles. The van der Waals surface area contributed by atoms with Crippen molar-refractivity contribution in [3.63, 3.8) is 0 Å². The number of carbonyl (C=O) groups excluding carboxylic acids is 1. The molecule has 8 heteroatoms. The van der Waals surface area contributed by atoms with Crippen LogP contribution in [0.3, 0.4) is 0 Å². The molecule has 0 saturated carbocycles. The third-order valence-electron chi connectivity index (χ3n) is 4.03. The fraction of sp³-hybridized carbons (Fsp3) is 0.389. The van der Waals surface area contributed by atoms with E-state index in [0.29, 0.717) is 37.4 Å². The molecule has 0 unspecified atom stereocenters. The average Bonchev–Trinajstić information content (AvgIpc) is 3.23. The predicted molar refractivity (Wildman–Crippen MR) is 102 cm³/mol. The number of ether oxygens (including phenoxy) is 1. The number of nitrogens with zero attached hydrogens (tertiary/aromatic N) is 2. The summed E-state index contributed by atoms with van der Waals surface area (Å²) in [6.45, 7) is 5.91. The van der Waals surface area contributed by atoms with E-state index in [2.05, 4.69) is 22.2 Å². The molecule has 138 valence electrons. The maximum atomic E-state index is 12.4. The minimum atomic E-state index is -0.202. The summed E-state index contributed by atoms with van der Waals surface area (Å²) in [6, 6.07) is 5.20. The van der Waals surface area contributed by atoms with Gasteiger partial charge in [0.05, 0.1) is 41.4 Å². The minimum Gasteiger partial charge on any atom is -0.380 e. The van der Waals surface area contributed by atoms with Crippen LogP contribution in [-0.4, -0.2) is 33.7 Å². The molecule has 0 aliphatic carbocycles. The molecule has 0 aliphatic rings. The maximum Gasteiger partial charge on any atom is 0.326 e. The van der Waals surface area contributed by atoms with Gasteiger partial charge >= 0.3 is 5.69 Å². The summed E-state index contributed by atoms with van der Waals surface area (Å²) in [6.07, 6.45) is 0.892. The van der Waals surface area contributed by atoms with Crippen molar-refractivity contribution >= 4 is 28.3 Å². The van der Waals surface area contributed by atoms with E-state index < -0.39 is 0 Å². The first-order chi connectivity index (χ1) is 12.6. The van der Waals surface area contributed by atoms with Crippen LogP contribution in [0.4, 0.5) is 0 Å². The van der Waals surface area contributed by atoms with E-state index in [4.69, 9.17) is 4.74 Å². The molecule has 3 aromatic rings. The van der Waals surface area contributed by atoms with Gasteiger partial charge in [-0.2, -0.15) is 0 Å². The lowest BCUT2D eigenvalue weighted by Crippen LogP contribution is -2.23. The van der Waals surface area contributed by atoms with E-state index in [-0.39, 0.29) is 11.6 Å². The van der Waals surface area contributed by atoms with Gasteiger partial charge in [0, 0.05) is 17.6 Å². The number of aromatic nitrogens is 3. The zero-order valence-electron chi connectivity index (χ0n) is 14.9. The Balaban J connectivity index is 1.71. The van der Waals surface area contributed by atoms with Gasteiger partial charge < -0.3 is 15.0 Å². The number of carbonyl (C=O) groups is 1. The monoisotopic (exact) mass is 374 g/mol. The second-order valence-corrected chi connectivity index (χ2v) is 6.72. The number of rotatable bonds is 8. The molecular weight excluding hydrogens is 352 g/mol. The number of fused-ring (bicyclic) bond motifs is 1. The Morgan fingerprint density at radius 1 is 1.38 bits per heavy atom. The Bertz CT molecular complexity index is 957. The Morgan fingerprint density at radius 3 is 2.96 bits per heavy atom. The van der Waals surface area contributed by atoms with Gasteiger partial charge in [-0.1, -0.05) is 6.92 Å². The quantitative estimate of drug-likeness (QED) is 0.592. The number of nitrogens with one attached hydrogen (secondary N) is 2. The van der Waals surface area contributed by atoms with Crippen LogP contribution >= 0.6 is 11.3 Å². The Kier molecular flexibility index (Phi) is 5.85. The maximum absolute atomic E-state index is 12.4. The molecule has 0 atom stereocenters. The van der Waals surface area contributed by atoms with Crippen molar-refractivity contribution in [3.8, 4) is 0 Å². The molecule has 1 aromatic carbocycles. The second kappa shape index (κ2) is 8.29. The third kappa shape index (κ3) is 4.03. The summed E-state index contributed by atoms with van der Waals surface area (Å²) in [5.41, 5.74) is 2.56. The van der Waals surface area contributed by atoms with E-state index in [9.17, 15) is 9.59 Å². The van der Waals surface area contributed by atoms with Gasteiger partial charge in [0.1, 0.15) is 0 Å². The highest BCUT2D eigenvalue weighted by atomic mass is 32.1. The topological polar surface area (TPSA) is 89.0 Å². The van der Waals surface area contributed by atoms with E-state index in [0.717, 1.165) is 22.6 Å². The number of amides is 1. The van der Waals surface area contributed by atoms with Crippen molar-refractivity contribution in [2.45, 2.75) is 33.4 Å². The lowest BCUT2D eigenvalue weighted by atomic mass is 10.2. The van der Waals surface area contributed by atoms with Crippen molar-refractivity contribution in [1.82, 2.24) is 19.9 Å². The number of thiazole rings is 1. The van der Waals surface area contributed by atoms with Crippen LogP contribution in [-0.2, 0) is 24.2 Å². The van der Waals surface area contributed by atoms with Crippen LogP contribution in [0.5, 0.6) is 0 Å². The Labute approximate surface area is 155 Å². The number of hydrogen-bond acceptors (Lipinski definition) is 5. The molecule has 2 heterocycles. The minimum absolute atomic E-state index is 0.194. The normalized spacial score (nSPS) is 11.2. The first-order valence-corrected chi connectivity index (χ1v) is 9.52. The first-order valence-electron chi connectivity index (χ1n) is 8.64. The Morgan fingerprint density at radius 2 is 2.23 bits per heavy atom. The SMILES string of the molecule is CCOCCn1c(=O)[nH]c2cc(C(=O)NCc3csc(CC)n3)ccc21. The summed E-state index contributed by atoms with van der Waals surface area (Å²) < 4.78 is 6.93. The molecule has 1 amide bonds. The second-order valence-electron chi connectivity index (χ2n) is 5.78. The summed E-state index contributed by atoms with van der Waals surface area (Å²) in [5.74, 6) is -0.194. The molecule has 3 rings (SSSR count). The zero-order chi connectivity index (χ0) is 18.5. The molecule has 7 nitrogen and oxygen atoms in total. The summed E-state index contributed by atoms with van der Waals surface area (Å²) in [5, 5.41) is 5.88. The van der Waals surface area contributed by atoms with Gasteiger partial charge in [-0.05, 0) is 31.5 Å². The lowest BCUT2D eigenvalue weighted by Gasteiger charge is -2.05. The summed E-state index contributed by atoms with van der Waals surface area (Å²) in [7, 11) is 0. The van der Waals surface area contributed by atoms with E-state index in [1.807, 2.05) is 12.3 Å². The number of benzene rings is 1. The molecule has 0 bridgehead atoms. The summed E-state index contributed by atoms with van der Waals surface area (Å²) in [4.78, 5) is 31.7. The van der Waals surface area contributed by atoms with Crippen molar-refractivity contribution in [3.05, 3.63) is 50.3 Å².